The number of halogens is 1. The number of piperidine rings is 1. The lowest BCUT2D eigenvalue weighted by Crippen LogP contribution is -2.53. The highest BCUT2D eigenvalue weighted by Gasteiger charge is 2.30. The van der Waals surface area contributed by atoms with Gasteiger partial charge >= 0.3 is 6.09 Å². The lowest BCUT2D eigenvalue weighted by molar-refractivity contribution is 0.00490. The summed E-state index contributed by atoms with van der Waals surface area (Å²) in [5.74, 6) is 0. The maximum Gasteiger partial charge on any atom is 0.410 e. The molecular formula is C10H21ClN2O3. The summed E-state index contributed by atoms with van der Waals surface area (Å²) in [5.41, 5.74) is 5.18. The third-order valence-corrected chi connectivity index (χ3v) is 2.27. The van der Waals surface area contributed by atoms with Crippen LogP contribution in [0.4, 0.5) is 4.79 Å². The molecule has 0 unspecified atom stereocenters. The van der Waals surface area contributed by atoms with E-state index < -0.39 is 11.7 Å². The second-order valence-corrected chi connectivity index (χ2v) is 4.95. The Labute approximate surface area is 102 Å². The Kier molecular flexibility index (Phi) is 5.52. The summed E-state index contributed by atoms with van der Waals surface area (Å²) in [6.07, 6.45) is -0.353. The number of hydrogen-bond acceptors (Lipinski definition) is 4. The Hall–Kier alpha value is -0.520. The van der Waals surface area contributed by atoms with Crippen molar-refractivity contribution in [3.05, 3.63) is 0 Å². The predicted octanol–water partition coefficient (Wildman–Crippen LogP) is 0.737. The van der Waals surface area contributed by atoms with Gasteiger partial charge in [0.1, 0.15) is 5.60 Å². The van der Waals surface area contributed by atoms with Gasteiger partial charge in [-0.25, -0.2) is 4.79 Å². The minimum atomic E-state index is -0.510. The second-order valence-electron chi connectivity index (χ2n) is 4.95. The molecule has 96 valence electrons. The number of aliphatic hydroxyl groups excluding tert-OH is 1. The standard InChI is InChI=1S/C10H20N2O3.ClH/c1-10(2,3)15-9(14)12-5-4-8(13)7(11)6-12;/h7-8,13H,4-6,11H2,1-3H3;1H/t7-,8-;/m0./s1. The van der Waals surface area contributed by atoms with Crippen LogP contribution < -0.4 is 5.73 Å². The number of carbonyl (C=O) groups is 1. The van der Waals surface area contributed by atoms with Gasteiger partial charge in [-0.3, -0.25) is 0 Å². The zero-order chi connectivity index (χ0) is 11.6. The first-order valence-corrected chi connectivity index (χ1v) is 5.21. The van der Waals surface area contributed by atoms with Crippen molar-refractivity contribution in [1.29, 1.82) is 0 Å². The van der Waals surface area contributed by atoms with Gasteiger partial charge in [-0.2, -0.15) is 0 Å². The highest BCUT2D eigenvalue weighted by molar-refractivity contribution is 5.85. The molecule has 3 N–H and O–H groups in total. The van der Waals surface area contributed by atoms with Crippen LogP contribution in [0.15, 0.2) is 0 Å². The Bertz CT molecular complexity index is 243. The number of carbonyl (C=O) groups excluding carboxylic acids is 1. The fourth-order valence-corrected chi connectivity index (χ4v) is 1.46. The SMILES string of the molecule is CC(C)(C)OC(=O)N1CC[C@H](O)[C@@H](N)C1.Cl. The van der Waals surface area contributed by atoms with Crippen molar-refractivity contribution in [3.8, 4) is 0 Å². The van der Waals surface area contributed by atoms with Crippen LogP contribution in [-0.2, 0) is 4.74 Å². The van der Waals surface area contributed by atoms with Crippen LogP contribution in [0.1, 0.15) is 27.2 Å². The molecule has 1 fully saturated rings. The topological polar surface area (TPSA) is 75.8 Å². The summed E-state index contributed by atoms with van der Waals surface area (Å²) < 4.78 is 5.21. The molecule has 0 bridgehead atoms. The Morgan fingerprint density at radius 3 is 2.50 bits per heavy atom. The van der Waals surface area contributed by atoms with Crippen LogP contribution in [0.2, 0.25) is 0 Å². The van der Waals surface area contributed by atoms with Gasteiger partial charge in [-0.05, 0) is 27.2 Å². The molecule has 1 aliphatic heterocycles. The van der Waals surface area contributed by atoms with Crippen LogP contribution in [0.3, 0.4) is 0 Å². The summed E-state index contributed by atoms with van der Waals surface area (Å²) in [7, 11) is 0. The fraction of sp³-hybridized carbons (Fsp3) is 0.900. The Morgan fingerprint density at radius 2 is 2.06 bits per heavy atom. The molecule has 1 amide bonds. The molecule has 2 atom stereocenters. The van der Waals surface area contributed by atoms with E-state index in [0.717, 1.165) is 0 Å². The first-order valence-electron chi connectivity index (χ1n) is 5.21. The molecule has 0 saturated carbocycles. The van der Waals surface area contributed by atoms with Gasteiger partial charge in [0.05, 0.1) is 6.10 Å². The van der Waals surface area contributed by atoms with Crippen molar-refractivity contribution in [2.75, 3.05) is 13.1 Å². The average molecular weight is 253 g/mol. The van der Waals surface area contributed by atoms with Gasteiger partial charge in [-0.15, -0.1) is 12.4 Å². The Balaban J connectivity index is 0.00000225. The molecule has 5 nitrogen and oxygen atoms in total. The molecule has 16 heavy (non-hydrogen) atoms. The van der Waals surface area contributed by atoms with Gasteiger partial charge in [0.25, 0.3) is 0 Å². The number of ether oxygens (including phenoxy) is 1. The van der Waals surface area contributed by atoms with Crippen LogP contribution in [0, 0.1) is 0 Å². The minimum Gasteiger partial charge on any atom is -0.444 e. The molecule has 0 aromatic heterocycles. The van der Waals surface area contributed by atoms with Crippen LogP contribution in [0.25, 0.3) is 0 Å². The molecule has 0 radical (unpaired) electrons. The number of rotatable bonds is 0. The van der Waals surface area contributed by atoms with E-state index in [-0.39, 0.29) is 24.5 Å². The van der Waals surface area contributed by atoms with Gasteiger partial charge in [0.2, 0.25) is 0 Å². The first-order chi connectivity index (χ1) is 6.79. The molecule has 1 saturated heterocycles. The number of amides is 1. The monoisotopic (exact) mass is 252 g/mol. The van der Waals surface area contributed by atoms with E-state index in [1.165, 1.54) is 0 Å². The molecule has 1 heterocycles. The van der Waals surface area contributed by atoms with E-state index in [9.17, 15) is 9.90 Å². The van der Waals surface area contributed by atoms with Crippen molar-refractivity contribution in [2.24, 2.45) is 5.73 Å². The summed E-state index contributed by atoms with van der Waals surface area (Å²) in [5, 5.41) is 9.41. The van der Waals surface area contributed by atoms with Gasteiger partial charge in [0.15, 0.2) is 0 Å². The zero-order valence-electron chi connectivity index (χ0n) is 9.97. The smallest absolute Gasteiger partial charge is 0.410 e. The first kappa shape index (κ1) is 15.5. The van der Waals surface area contributed by atoms with Crippen LogP contribution >= 0.6 is 12.4 Å². The quantitative estimate of drug-likeness (QED) is 0.667. The summed E-state index contributed by atoms with van der Waals surface area (Å²) >= 11 is 0. The maximum atomic E-state index is 11.6. The number of nitrogens with zero attached hydrogens (tertiary/aromatic N) is 1. The zero-order valence-corrected chi connectivity index (χ0v) is 10.8. The third-order valence-electron chi connectivity index (χ3n) is 2.27. The van der Waals surface area contributed by atoms with E-state index in [1.807, 2.05) is 20.8 Å². The van der Waals surface area contributed by atoms with Crippen molar-refractivity contribution in [1.82, 2.24) is 4.90 Å². The van der Waals surface area contributed by atoms with E-state index >= 15 is 0 Å². The van der Waals surface area contributed by atoms with Crippen molar-refractivity contribution < 1.29 is 14.6 Å². The largest absolute Gasteiger partial charge is 0.444 e. The number of aliphatic hydroxyl groups is 1. The van der Waals surface area contributed by atoms with Gasteiger partial charge in [-0.1, -0.05) is 0 Å². The second kappa shape index (κ2) is 5.70. The summed E-state index contributed by atoms with van der Waals surface area (Å²) in [6.45, 7) is 6.33. The lowest BCUT2D eigenvalue weighted by Gasteiger charge is -2.35. The molecule has 1 rings (SSSR count). The molecule has 0 aromatic rings. The normalized spacial score (nSPS) is 25.9. The van der Waals surface area contributed by atoms with E-state index in [4.69, 9.17) is 10.5 Å². The van der Waals surface area contributed by atoms with Crippen molar-refractivity contribution in [2.45, 2.75) is 44.9 Å². The van der Waals surface area contributed by atoms with Crippen molar-refractivity contribution >= 4 is 18.5 Å². The minimum absolute atomic E-state index is 0. The van der Waals surface area contributed by atoms with Gasteiger partial charge < -0.3 is 20.5 Å². The third kappa shape index (κ3) is 4.55. The highest BCUT2D eigenvalue weighted by atomic mass is 35.5. The molecule has 6 heteroatoms. The number of likely N-dealkylation sites (tertiary alicyclic amines) is 1. The molecule has 1 aliphatic rings. The predicted molar refractivity (Wildman–Crippen MR) is 63.7 cm³/mol. The number of nitrogens with two attached hydrogens (primary N) is 1. The van der Waals surface area contributed by atoms with Crippen molar-refractivity contribution in [3.63, 3.8) is 0 Å². The molecule has 0 aliphatic carbocycles. The highest BCUT2D eigenvalue weighted by Crippen LogP contribution is 2.14. The van der Waals surface area contributed by atoms with Crippen LogP contribution in [0.5, 0.6) is 0 Å². The molecular weight excluding hydrogens is 232 g/mol. The Morgan fingerprint density at radius 1 is 1.50 bits per heavy atom. The fourth-order valence-electron chi connectivity index (χ4n) is 1.46. The molecule has 0 aromatic carbocycles. The van der Waals surface area contributed by atoms with E-state index in [1.54, 1.807) is 4.90 Å². The van der Waals surface area contributed by atoms with Crippen LogP contribution in [-0.4, -0.2) is 46.9 Å². The lowest BCUT2D eigenvalue weighted by atomic mass is 10.0. The van der Waals surface area contributed by atoms with E-state index in [2.05, 4.69) is 0 Å². The van der Waals surface area contributed by atoms with E-state index in [0.29, 0.717) is 19.5 Å². The summed E-state index contributed by atoms with van der Waals surface area (Å²) in [6, 6.07) is -0.369. The average Bonchev–Trinajstić information content (AvgIpc) is 2.06. The molecule has 0 spiro atoms. The maximum absolute atomic E-state index is 11.6. The van der Waals surface area contributed by atoms with Gasteiger partial charge in [0, 0.05) is 19.1 Å². The number of hydrogen-bond donors (Lipinski definition) is 2. The summed E-state index contributed by atoms with van der Waals surface area (Å²) in [4.78, 5) is 13.2.